The molecular weight excluding hydrogens is 186 g/mol. The minimum atomic E-state index is 0.819. The van der Waals surface area contributed by atoms with Crippen LogP contribution in [0.25, 0.3) is 5.65 Å². The molecule has 3 heteroatoms. The van der Waals surface area contributed by atoms with Gasteiger partial charge in [-0.3, -0.25) is 0 Å². The van der Waals surface area contributed by atoms with Gasteiger partial charge in [-0.1, -0.05) is 12.1 Å². The van der Waals surface area contributed by atoms with Crippen molar-refractivity contribution in [3.8, 4) is 0 Å². The van der Waals surface area contributed by atoms with Crippen molar-refractivity contribution < 1.29 is 0 Å². The monoisotopic (exact) mass is 201 g/mol. The Hall–Kier alpha value is -1.61. The fourth-order valence-electron chi connectivity index (χ4n) is 1.67. The van der Waals surface area contributed by atoms with Gasteiger partial charge in [-0.05, 0) is 19.1 Å². The third kappa shape index (κ3) is 1.92. The summed E-state index contributed by atoms with van der Waals surface area (Å²) in [6, 6.07) is 6.04. The summed E-state index contributed by atoms with van der Waals surface area (Å²) < 4.78 is 2.12. The maximum absolute atomic E-state index is 4.49. The fourth-order valence-corrected chi connectivity index (χ4v) is 1.67. The van der Waals surface area contributed by atoms with Crippen molar-refractivity contribution in [2.24, 2.45) is 0 Å². The maximum atomic E-state index is 4.49. The van der Waals surface area contributed by atoms with Crippen molar-refractivity contribution in [1.82, 2.24) is 14.7 Å². The number of fused-ring (bicyclic) bond motifs is 1. The Morgan fingerprint density at radius 1 is 1.53 bits per heavy atom. The smallest absolute Gasteiger partial charge is 0.137 e. The number of aromatic nitrogens is 2. The van der Waals surface area contributed by atoms with Gasteiger partial charge in [0.15, 0.2) is 0 Å². The second-order valence-electron chi connectivity index (χ2n) is 3.49. The lowest BCUT2D eigenvalue weighted by Crippen LogP contribution is -2.14. The number of hydrogen-bond donors (Lipinski definition) is 1. The standard InChI is InChI=1S/C12H15N3/c1-3-7-13-9-11-10(2)14-12-6-4-5-8-15(11)12/h3-6,8,13H,1,7,9H2,2H3. The van der Waals surface area contributed by atoms with Gasteiger partial charge in [-0.25, -0.2) is 4.98 Å². The first-order chi connectivity index (χ1) is 7.33. The van der Waals surface area contributed by atoms with Crippen molar-refractivity contribution in [1.29, 1.82) is 0 Å². The van der Waals surface area contributed by atoms with Crippen LogP contribution in [0.15, 0.2) is 37.1 Å². The molecule has 0 unspecified atom stereocenters. The van der Waals surface area contributed by atoms with E-state index in [2.05, 4.69) is 21.3 Å². The van der Waals surface area contributed by atoms with Crippen molar-refractivity contribution in [3.63, 3.8) is 0 Å². The molecule has 0 aliphatic heterocycles. The number of rotatable bonds is 4. The average Bonchev–Trinajstić information content (AvgIpc) is 2.56. The van der Waals surface area contributed by atoms with Crippen molar-refractivity contribution in [3.05, 3.63) is 48.4 Å². The predicted molar refractivity (Wildman–Crippen MR) is 61.8 cm³/mol. The zero-order chi connectivity index (χ0) is 10.7. The van der Waals surface area contributed by atoms with Crippen LogP contribution in [0.2, 0.25) is 0 Å². The Kier molecular flexibility index (Phi) is 2.83. The van der Waals surface area contributed by atoms with E-state index in [1.807, 2.05) is 37.4 Å². The molecule has 3 nitrogen and oxygen atoms in total. The minimum absolute atomic E-state index is 0.819. The number of aryl methyl sites for hydroxylation is 1. The predicted octanol–water partition coefficient (Wildman–Crippen LogP) is 1.92. The molecule has 2 rings (SSSR count). The molecule has 0 saturated heterocycles. The molecule has 2 heterocycles. The Balaban J connectivity index is 2.32. The SMILES string of the molecule is C=CCNCc1c(C)nc2ccccn12. The van der Waals surface area contributed by atoms with Crippen molar-refractivity contribution >= 4 is 5.65 Å². The molecule has 0 amide bonds. The molecule has 2 aromatic rings. The highest BCUT2D eigenvalue weighted by Gasteiger charge is 2.06. The highest BCUT2D eigenvalue weighted by molar-refractivity contribution is 5.42. The van der Waals surface area contributed by atoms with Crippen LogP contribution in [0.5, 0.6) is 0 Å². The Morgan fingerprint density at radius 3 is 3.20 bits per heavy atom. The molecule has 0 aliphatic carbocycles. The van der Waals surface area contributed by atoms with E-state index in [0.717, 1.165) is 24.4 Å². The first-order valence-electron chi connectivity index (χ1n) is 5.07. The van der Waals surface area contributed by atoms with E-state index in [1.165, 1.54) is 5.69 Å². The summed E-state index contributed by atoms with van der Waals surface area (Å²) in [7, 11) is 0. The average molecular weight is 201 g/mol. The van der Waals surface area contributed by atoms with Crippen LogP contribution in [-0.2, 0) is 6.54 Å². The first kappa shape index (κ1) is 9.93. The van der Waals surface area contributed by atoms with E-state index in [4.69, 9.17) is 0 Å². The molecule has 0 aromatic carbocycles. The Morgan fingerprint density at radius 2 is 2.40 bits per heavy atom. The van der Waals surface area contributed by atoms with Crippen LogP contribution in [0.3, 0.4) is 0 Å². The molecule has 0 fully saturated rings. The number of nitrogens with zero attached hydrogens (tertiary/aromatic N) is 2. The van der Waals surface area contributed by atoms with E-state index in [-0.39, 0.29) is 0 Å². The second kappa shape index (κ2) is 4.28. The van der Waals surface area contributed by atoms with Gasteiger partial charge in [0.2, 0.25) is 0 Å². The lowest BCUT2D eigenvalue weighted by Gasteiger charge is -2.03. The molecule has 0 saturated carbocycles. The Labute approximate surface area is 89.5 Å². The van der Waals surface area contributed by atoms with Crippen molar-refractivity contribution in [2.45, 2.75) is 13.5 Å². The molecule has 2 aromatic heterocycles. The van der Waals surface area contributed by atoms with Gasteiger partial charge in [0.25, 0.3) is 0 Å². The molecule has 0 aliphatic rings. The minimum Gasteiger partial charge on any atom is -0.308 e. The molecule has 78 valence electrons. The second-order valence-corrected chi connectivity index (χ2v) is 3.49. The maximum Gasteiger partial charge on any atom is 0.137 e. The molecule has 0 bridgehead atoms. The van der Waals surface area contributed by atoms with Gasteiger partial charge in [0.1, 0.15) is 5.65 Å². The van der Waals surface area contributed by atoms with Gasteiger partial charge in [0.05, 0.1) is 11.4 Å². The van der Waals surface area contributed by atoms with Crippen LogP contribution < -0.4 is 5.32 Å². The van der Waals surface area contributed by atoms with Gasteiger partial charge in [-0.15, -0.1) is 6.58 Å². The highest BCUT2D eigenvalue weighted by Crippen LogP contribution is 2.10. The highest BCUT2D eigenvalue weighted by atomic mass is 15.0. The zero-order valence-electron chi connectivity index (χ0n) is 8.90. The quantitative estimate of drug-likeness (QED) is 0.605. The Bertz CT molecular complexity index is 471. The lowest BCUT2D eigenvalue weighted by molar-refractivity contribution is 0.729. The lowest BCUT2D eigenvalue weighted by atomic mass is 10.3. The van der Waals surface area contributed by atoms with Crippen LogP contribution in [0.4, 0.5) is 0 Å². The van der Waals surface area contributed by atoms with Crippen LogP contribution in [-0.4, -0.2) is 15.9 Å². The summed E-state index contributed by atoms with van der Waals surface area (Å²) in [6.45, 7) is 7.36. The first-order valence-corrected chi connectivity index (χ1v) is 5.07. The van der Waals surface area contributed by atoms with Gasteiger partial charge >= 0.3 is 0 Å². The summed E-state index contributed by atoms with van der Waals surface area (Å²) in [6.07, 6.45) is 3.90. The fraction of sp³-hybridized carbons (Fsp3) is 0.250. The number of imidazole rings is 1. The van der Waals surface area contributed by atoms with E-state index in [9.17, 15) is 0 Å². The summed E-state index contributed by atoms with van der Waals surface area (Å²) >= 11 is 0. The van der Waals surface area contributed by atoms with Gasteiger partial charge in [0, 0.05) is 19.3 Å². The molecular formula is C12H15N3. The van der Waals surface area contributed by atoms with Crippen LogP contribution >= 0.6 is 0 Å². The van der Waals surface area contributed by atoms with Gasteiger partial charge in [-0.2, -0.15) is 0 Å². The normalized spacial score (nSPS) is 10.7. The van der Waals surface area contributed by atoms with Crippen LogP contribution in [0, 0.1) is 6.92 Å². The topological polar surface area (TPSA) is 29.3 Å². The molecule has 0 radical (unpaired) electrons. The van der Waals surface area contributed by atoms with Crippen molar-refractivity contribution in [2.75, 3.05) is 6.54 Å². The molecule has 1 N–H and O–H groups in total. The van der Waals surface area contributed by atoms with E-state index >= 15 is 0 Å². The molecule has 15 heavy (non-hydrogen) atoms. The largest absolute Gasteiger partial charge is 0.308 e. The van der Waals surface area contributed by atoms with Crippen LogP contribution in [0.1, 0.15) is 11.4 Å². The van der Waals surface area contributed by atoms with E-state index in [1.54, 1.807) is 0 Å². The molecule has 0 atom stereocenters. The summed E-state index contributed by atoms with van der Waals surface area (Å²) in [5, 5.41) is 3.29. The van der Waals surface area contributed by atoms with E-state index < -0.39 is 0 Å². The third-order valence-corrected chi connectivity index (χ3v) is 2.41. The number of hydrogen-bond acceptors (Lipinski definition) is 2. The molecule has 0 spiro atoms. The number of pyridine rings is 1. The van der Waals surface area contributed by atoms with Gasteiger partial charge < -0.3 is 9.72 Å². The third-order valence-electron chi connectivity index (χ3n) is 2.41. The summed E-state index contributed by atoms with van der Waals surface area (Å²) in [5.74, 6) is 0. The summed E-state index contributed by atoms with van der Waals surface area (Å²) in [5.41, 5.74) is 3.30. The van der Waals surface area contributed by atoms with E-state index in [0.29, 0.717) is 0 Å². The number of nitrogens with one attached hydrogen (secondary N) is 1. The summed E-state index contributed by atoms with van der Waals surface area (Å²) in [4.78, 5) is 4.49. The zero-order valence-corrected chi connectivity index (χ0v) is 8.90.